The third kappa shape index (κ3) is 8.49. The van der Waals surface area contributed by atoms with Gasteiger partial charge in [0.25, 0.3) is 0 Å². The Bertz CT molecular complexity index is 935. The summed E-state index contributed by atoms with van der Waals surface area (Å²) in [5.74, 6) is 1.69. The first-order valence-electron chi connectivity index (χ1n) is 16.6. The van der Waals surface area contributed by atoms with Crippen LogP contribution in [0, 0.1) is 0 Å². The van der Waals surface area contributed by atoms with Gasteiger partial charge >= 0.3 is 0 Å². The minimum atomic E-state index is -0.194. The van der Waals surface area contributed by atoms with Gasteiger partial charge in [-0.15, -0.1) is 17.7 Å². The Balaban J connectivity index is 0.00000308. The van der Waals surface area contributed by atoms with Crippen LogP contribution in [0.25, 0.3) is 10.6 Å². The average molecular weight is 661 g/mol. The molecule has 3 nitrogen and oxygen atoms in total. The smallest absolute Gasteiger partial charge is 0.00683 e. The fourth-order valence-electron chi connectivity index (χ4n) is 7.15. The van der Waals surface area contributed by atoms with Crippen molar-refractivity contribution in [3.8, 4) is 0 Å². The van der Waals surface area contributed by atoms with Crippen LogP contribution in [-0.2, 0) is 0 Å². The maximum absolute atomic E-state index is 5.81. The molecule has 3 radical (unpaired) electrons. The molecule has 41 heavy (non-hydrogen) atoms. The molecule has 4 rings (SSSR count). The number of hydrogen-bond donors (Lipinski definition) is 0. The molecule has 2 aromatic carbocycles. The SMILES string of the molecule is CC(C)c1cccc(C(C)C)c1[N-]C([N-]c1c(C(C)C)cccc1C(C)C)N(C1CCCCC1)C1CCCCC1.[HH].[In]. The van der Waals surface area contributed by atoms with Gasteiger partial charge in [0.1, 0.15) is 0 Å². The van der Waals surface area contributed by atoms with Crippen LogP contribution in [0.15, 0.2) is 36.4 Å². The summed E-state index contributed by atoms with van der Waals surface area (Å²) in [7, 11) is 0. The molecule has 0 spiro atoms. The van der Waals surface area contributed by atoms with Crippen molar-refractivity contribution in [2.45, 2.75) is 162 Å². The van der Waals surface area contributed by atoms with E-state index < -0.39 is 0 Å². The molecule has 2 aliphatic rings. The zero-order chi connectivity index (χ0) is 28.8. The molecule has 2 aromatic rings. The second-order valence-electron chi connectivity index (χ2n) is 13.8. The number of rotatable bonds is 11. The number of benzene rings is 2. The summed E-state index contributed by atoms with van der Waals surface area (Å²) in [6.45, 7) is 18.5. The van der Waals surface area contributed by atoms with Crippen molar-refractivity contribution in [1.29, 1.82) is 0 Å². The van der Waals surface area contributed by atoms with E-state index >= 15 is 0 Å². The van der Waals surface area contributed by atoms with Crippen LogP contribution in [0.4, 0.5) is 11.4 Å². The Morgan fingerprint density at radius 1 is 0.537 bits per heavy atom. The van der Waals surface area contributed by atoms with Crippen molar-refractivity contribution in [3.63, 3.8) is 0 Å². The number of para-hydroxylation sites is 2. The van der Waals surface area contributed by atoms with Crippen LogP contribution in [0.1, 0.15) is 167 Å². The van der Waals surface area contributed by atoms with Gasteiger partial charge in [-0.25, -0.2) is 0 Å². The van der Waals surface area contributed by atoms with E-state index in [-0.39, 0.29) is 33.6 Å². The predicted octanol–water partition coefficient (Wildman–Crippen LogP) is 12.0. The molecule has 0 unspecified atom stereocenters. The van der Waals surface area contributed by atoms with Gasteiger partial charge in [-0.05, 0) is 49.4 Å². The maximum Gasteiger partial charge on any atom is 0.00683 e. The van der Waals surface area contributed by atoms with Gasteiger partial charge < -0.3 is 15.5 Å². The molecule has 2 saturated carbocycles. The van der Waals surface area contributed by atoms with Crippen LogP contribution >= 0.6 is 0 Å². The molecule has 0 aliphatic heterocycles. The summed E-state index contributed by atoms with van der Waals surface area (Å²) in [6.07, 6.45) is 13.0. The molecule has 0 aromatic heterocycles. The second-order valence-corrected chi connectivity index (χ2v) is 13.8. The number of nitrogens with zero attached hydrogens (tertiary/aromatic N) is 3. The average Bonchev–Trinajstić information content (AvgIpc) is 2.94. The first-order chi connectivity index (χ1) is 19.2. The molecule has 0 bridgehead atoms. The van der Waals surface area contributed by atoms with E-state index in [0.717, 1.165) is 0 Å². The Kier molecular flexibility index (Phi) is 13.5. The van der Waals surface area contributed by atoms with Gasteiger partial charge in [-0.3, -0.25) is 0 Å². The maximum atomic E-state index is 5.81. The van der Waals surface area contributed by atoms with Crippen molar-refractivity contribution < 1.29 is 1.43 Å². The summed E-state index contributed by atoms with van der Waals surface area (Å²) < 4.78 is 0. The Morgan fingerprint density at radius 2 is 0.829 bits per heavy atom. The Labute approximate surface area is 273 Å². The van der Waals surface area contributed by atoms with E-state index in [1.807, 2.05) is 0 Å². The summed E-state index contributed by atoms with van der Waals surface area (Å²) in [5, 5.41) is 11.6. The molecule has 2 aliphatic carbocycles. The molecule has 0 heterocycles. The van der Waals surface area contributed by atoms with Crippen molar-refractivity contribution in [2.75, 3.05) is 0 Å². The third-order valence-corrected chi connectivity index (χ3v) is 9.43. The first kappa shape index (κ1) is 34.4. The Morgan fingerprint density at radius 3 is 1.10 bits per heavy atom. The van der Waals surface area contributed by atoms with Gasteiger partial charge in [-0.1, -0.05) is 153 Å². The minimum absolute atomic E-state index is 0. The molecular formula is C37H59InN3-2. The molecule has 2 fully saturated rings. The van der Waals surface area contributed by atoms with E-state index in [4.69, 9.17) is 10.6 Å². The largest absolute Gasteiger partial charge is 0.684 e. The van der Waals surface area contributed by atoms with Crippen molar-refractivity contribution in [3.05, 3.63) is 69.3 Å². The molecule has 0 amide bonds. The van der Waals surface area contributed by atoms with Gasteiger partial charge in [-0.2, -0.15) is 0 Å². The molecule has 0 atom stereocenters. The van der Waals surface area contributed by atoms with Crippen LogP contribution in [0.3, 0.4) is 0 Å². The number of hydrogen-bond acceptors (Lipinski definition) is 1. The van der Waals surface area contributed by atoms with E-state index in [0.29, 0.717) is 35.8 Å². The second kappa shape index (κ2) is 16.1. The first-order valence-corrected chi connectivity index (χ1v) is 16.6. The zero-order valence-electron chi connectivity index (χ0n) is 27.5. The summed E-state index contributed by atoms with van der Waals surface area (Å²) >= 11 is 0. The topological polar surface area (TPSA) is 31.4 Å². The quantitative estimate of drug-likeness (QED) is 0.236. The molecule has 227 valence electrons. The van der Waals surface area contributed by atoms with Gasteiger partial charge in [0.05, 0.1) is 0 Å². The van der Waals surface area contributed by atoms with Crippen LogP contribution in [0.2, 0.25) is 0 Å². The van der Waals surface area contributed by atoms with Crippen LogP contribution in [0.5, 0.6) is 0 Å². The standard InChI is InChI=1S/C37H57N3.In.H2/c1-25(2)31-21-15-22-32(26(3)4)35(31)38-37(39-36-33(27(5)6)23-16-24-34(36)28(7)8)40(29-17-11-9-12-18-29)30-19-13-10-14-20-30;;/h15-16,21-30,37H,9-14,17-20H2,1-8H3;;1H/q-2;;. The van der Waals surface area contributed by atoms with Crippen molar-refractivity contribution in [1.82, 2.24) is 4.90 Å². The summed E-state index contributed by atoms with van der Waals surface area (Å²) in [4.78, 5) is 2.83. The zero-order valence-corrected chi connectivity index (χ0v) is 30.8. The Hall–Kier alpha value is -1.13. The molecule has 0 N–H and O–H groups in total. The van der Waals surface area contributed by atoms with Gasteiger partial charge in [0.15, 0.2) is 0 Å². The summed E-state index contributed by atoms with van der Waals surface area (Å²) in [5.41, 5.74) is 7.84. The van der Waals surface area contributed by atoms with E-state index in [1.165, 1.54) is 97.8 Å². The fourth-order valence-corrected chi connectivity index (χ4v) is 7.15. The normalized spacial score (nSPS) is 17.2. The molecule has 0 saturated heterocycles. The van der Waals surface area contributed by atoms with E-state index in [9.17, 15) is 0 Å². The molecular weight excluding hydrogens is 601 g/mol. The minimum Gasteiger partial charge on any atom is -0.684 e. The monoisotopic (exact) mass is 660 g/mol. The van der Waals surface area contributed by atoms with Gasteiger partial charge in [0, 0.05) is 39.4 Å². The van der Waals surface area contributed by atoms with Gasteiger partial charge in [0.2, 0.25) is 0 Å². The van der Waals surface area contributed by atoms with Crippen LogP contribution in [-0.4, -0.2) is 49.1 Å². The van der Waals surface area contributed by atoms with Crippen LogP contribution < -0.4 is 0 Å². The van der Waals surface area contributed by atoms with E-state index in [1.54, 1.807) is 0 Å². The fraction of sp³-hybridized carbons (Fsp3) is 0.676. The summed E-state index contributed by atoms with van der Waals surface area (Å²) in [6, 6.07) is 14.8. The van der Waals surface area contributed by atoms with Crippen molar-refractivity contribution in [2.24, 2.45) is 0 Å². The van der Waals surface area contributed by atoms with Crippen molar-refractivity contribution >= 4 is 37.2 Å². The third-order valence-electron chi connectivity index (χ3n) is 9.43. The molecule has 4 heteroatoms. The predicted molar refractivity (Wildman–Crippen MR) is 183 cm³/mol. The van der Waals surface area contributed by atoms with E-state index in [2.05, 4.69) is 96.7 Å².